The van der Waals surface area contributed by atoms with Crippen molar-refractivity contribution in [2.24, 2.45) is 0 Å². The van der Waals surface area contributed by atoms with Gasteiger partial charge in [-0.05, 0) is 36.8 Å². The van der Waals surface area contributed by atoms with Gasteiger partial charge in [-0.25, -0.2) is 4.98 Å². The third-order valence-corrected chi connectivity index (χ3v) is 2.99. The summed E-state index contributed by atoms with van der Waals surface area (Å²) in [5, 5.41) is 2.96. The number of amides is 1. The Morgan fingerprint density at radius 2 is 2.10 bits per heavy atom. The monoisotopic (exact) mass is 291 g/mol. The fourth-order valence-electron chi connectivity index (χ4n) is 1.72. The maximum absolute atomic E-state index is 12.2. The summed E-state index contributed by atoms with van der Waals surface area (Å²) in [6.45, 7) is 1.92. The number of halogens is 1. The van der Waals surface area contributed by atoms with E-state index >= 15 is 0 Å². The van der Waals surface area contributed by atoms with Gasteiger partial charge in [0.25, 0.3) is 5.91 Å². The molecule has 0 bridgehead atoms. The summed E-state index contributed by atoms with van der Waals surface area (Å²) in [6.07, 6.45) is 0. The number of hydrogen-bond donors (Lipinski definition) is 2. The van der Waals surface area contributed by atoms with Crippen molar-refractivity contribution in [2.45, 2.75) is 6.92 Å². The molecule has 20 heavy (non-hydrogen) atoms. The predicted molar refractivity (Wildman–Crippen MR) is 79.3 cm³/mol. The van der Waals surface area contributed by atoms with Gasteiger partial charge in [0.2, 0.25) is 0 Å². The van der Waals surface area contributed by atoms with E-state index in [1.807, 2.05) is 13.0 Å². The zero-order valence-electron chi connectivity index (χ0n) is 11.1. The molecule has 0 unspecified atom stereocenters. The van der Waals surface area contributed by atoms with E-state index in [2.05, 4.69) is 10.3 Å². The fourth-order valence-corrected chi connectivity index (χ4v) is 1.91. The maximum Gasteiger partial charge on any atom is 0.276 e. The minimum Gasteiger partial charge on any atom is -0.495 e. The summed E-state index contributed by atoms with van der Waals surface area (Å²) < 4.78 is 5.20. The molecule has 2 aromatic rings. The summed E-state index contributed by atoms with van der Waals surface area (Å²) >= 11 is 5.95. The molecule has 0 saturated carbocycles. The zero-order chi connectivity index (χ0) is 14.7. The van der Waals surface area contributed by atoms with Crippen LogP contribution < -0.4 is 15.8 Å². The molecule has 2 rings (SSSR count). The van der Waals surface area contributed by atoms with Crippen LogP contribution in [0.3, 0.4) is 0 Å². The van der Waals surface area contributed by atoms with Gasteiger partial charge >= 0.3 is 0 Å². The highest BCUT2D eigenvalue weighted by Crippen LogP contribution is 2.26. The molecule has 1 amide bonds. The van der Waals surface area contributed by atoms with Crippen molar-refractivity contribution in [1.82, 2.24) is 4.98 Å². The van der Waals surface area contributed by atoms with Gasteiger partial charge in [0, 0.05) is 0 Å². The number of benzene rings is 1. The number of methoxy groups -OCH3 is 1. The Morgan fingerprint density at radius 3 is 2.80 bits per heavy atom. The first-order chi connectivity index (χ1) is 9.51. The summed E-state index contributed by atoms with van der Waals surface area (Å²) in [5.41, 5.74) is 7.19. The lowest BCUT2D eigenvalue weighted by Gasteiger charge is -2.11. The molecule has 104 valence electrons. The molecule has 6 heteroatoms. The van der Waals surface area contributed by atoms with Crippen LogP contribution in [0.4, 0.5) is 11.5 Å². The van der Waals surface area contributed by atoms with E-state index < -0.39 is 5.91 Å². The number of hydrogen-bond acceptors (Lipinski definition) is 4. The highest BCUT2D eigenvalue weighted by molar-refractivity contribution is 6.34. The van der Waals surface area contributed by atoms with Crippen LogP contribution in [-0.2, 0) is 0 Å². The molecule has 0 aliphatic heterocycles. The van der Waals surface area contributed by atoms with Crippen molar-refractivity contribution in [3.63, 3.8) is 0 Å². The molecule has 0 fully saturated rings. The van der Waals surface area contributed by atoms with Crippen molar-refractivity contribution in [1.29, 1.82) is 0 Å². The average molecular weight is 292 g/mol. The lowest BCUT2D eigenvalue weighted by molar-refractivity contribution is 0.102. The highest BCUT2D eigenvalue weighted by Gasteiger charge is 2.15. The summed E-state index contributed by atoms with van der Waals surface area (Å²) in [7, 11) is 1.53. The van der Waals surface area contributed by atoms with Crippen LogP contribution in [0, 0.1) is 6.92 Å². The number of nitrogen functional groups attached to an aromatic ring is 1. The number of carbonyl (C=O) groups is 1. The van der Waals surface area contributed by atoms with Crippen LogP contribution >= 0.6 is 11.6 Å². The predicted octanol–water partition coefficient (Wildman–Crippen LogP) is 2.89. The molecule has 1 heterocycles. The van der Waals surface area contributed by atoms with Gasteiger partial charge in [-0.1, -0.05) is 17.7 Å². The summed E-state index contributed by atoms with van der Waals surface area (Å²) in [5.74, 6) is 0.353. The number of nitrogens with one attached hydrogen (secondary N) is 1. The average Bonchev–Trinajstić information content (AvgIpc) is 2.41. The number of anilines is 2. The first-order valence-corrected chi connectivity index (χ1v) is 6.27. The normalized spacial score (nSPS) is 10.2. The Balaban J connectivity index is 2.32. The highest BCUT2D eigenvalue weighted by atomic mass is 35.5. The second-order valence-electron chi connectivity index (χ2n) is 4.22. The number of nitrogens with zero attached hydrogens (tertiary/aromatic N) is 1. The first-order valence-electron chi connectivity index (χ1n) is 5.89. The number of aromatic nitrogens is 1. The molecule has 0 radical (unpaired) electrons. The van der Waals surface area contributed by atoms with Crippen LogP contribution in [0.15, 0.2) is 30.3 Å². The topological polar surface area (TPSA) is 77.2 Å². The fraction of sp³-hybridized carbons (Fsp3) is 0.143. The molecule has 1 aromatic heterocycles. The zero-order valence-corrected chi connectivity index (χ0v) is 11.9. The van der Waals surface area contributed by atoms with E-state index in [1.54, 1.807) is 12.1 Å². The van der Waals surface area contributed by atoms with Gasteiger partial charge in [0.15, 0.2) is 0 Å². The van der Waals surface area contributed by atoms with Crippen LogP contribution in [-0.4, -0.2) is 18.0 Å². The van der Waals surface area contributed by atoms with Crippen molar-refractivity contribution in [2.75, 3.05) is 18.2 Å². The van der Waals surface area contributed by atoms with Crippen molar-refractivity contribution in [3.8, 4) is 5.75 Å². The number of carbonyl (C=O) groups excluding carboxylic acids is 1. The Morgan fingerprint density at radius 1 is 1.35 bits per heavy atom. The van der Waals surface area contributed by atoms with E-state index in [1.165, 1.54) is 19.2 Å². The molecule has 3 N–H and O–H groups in total. The van der Waals surface area contributed by atoms with Gasteiger partial charge < -0.3 is 15.8 Å². The largest absolute Gasteiger partial charge is 0.495 e. The van der Waals surface area contributed by atoms with Crippen molar-refractivity contribution in [3.05, 3.63) is 46.6 Å². The molecule has 0 atom stereocenters. The van der Waals surface area contributed by atoms with Crippen molar-refractivity contribution < 1.29 is 9.53 Å². The van der Waals surface area contributed by atoms with Crippen LogP contribution in [0.5, 0.6) is 5.75 Å². The van der Waals surface area contributed by atoms with Crippen LogP contribution in [0.25, 0.3) is 0 Å². The number of rotatable bonds is 3. The lowest BCUT2D eigenvalue weighted by atomic mass is 10.2. The molecule has 1 aromatic carbocycles. The van der Waals surface area contributed by atoms with E-state index in [0.717, 1.165) is 5.56 Å². The minimum absolute atomic E-state index is 0.0789. The standard InChI is InChI=1S/C14H14ClN3O2/c1-8-3-5-11(20-2)10(7-8)17-14(19)13-9(15)4-6-12(16)18-13/h3-7H,1-2H3,(H2,16,18)(H,17,19). The quantitative estimate of drug-likeness (QED) is 0.911. The number of aryl methyl sites for hydroxylation is 1. The molecular formula is C14H14ClN3O2. The molecular weight excluding hydrogens is 278 g/mol. The third-order valence-electron chi connectivity index (χ3n) is 2.69. The smallest absolute Gasteiger partial charge is 0.276 e. The number of ether oxygens (including phenoxy) is 1. The Labute approximate surface area is 121 Å². The van der Waals surface area contributed by atoms with Crippen molar-refractivity contribution >= 4 is 29.0 Å². The van der Waals surface area contributed by atoms with Gasteiger partial charge in [0.1, 0.15) is 17.3 Å². The number of nitrogens with two attached hydrogens (primary N) is 1. The third kappa shape index (κ3) is 3.00. The summed E-state index contributed by atoms with van der Waals surface area (Å²) in [4.78, 5) is 16.1. The molecule has 0 aliphatic rings. The lowest BCUT2D eigenvalue weighted by Crippen LogP contribution is -2.15. The van der Waals surface area contributed by atoms with Crippen LogP contribution in [0.1, 0.15) is 16.1 Å². The second-order valence-corrected chi connectivity index (χ2v) is 4.63. The molecule has 0 spiro atoms. The van der Waals surface area contributed by atoms with Crippen LogP contribution in [0.2, 0.25) is 5.02 Å². The minimum atomic E-state index is -0.439. The Kier molecular flexibility index (Phi) is 4.10. The van der Waals surface area contributed by atoms with E-state index in [9.17, 15) is 4.79 Å². The van der Waals surface area contributed by atoms with Gasteiger partial charge in [-0.15, -0.1) is 0 Å². The Bertz CT molecular complexity index is 659. The van der Waals surface area contributed by atoms with E-state index in [-0.39, 0.29) is 16.5 Å². The number of pyridine rings is 1. The maximum atomic E-state index is 12.2. The Hall–Kier alpha value is -2.27. The van der Waals surface area contributed by atoms with Gasteiger partial charge in [-0.2, -0.15) is 0 Å². The molecule has 0 aliphatic carbocycles. The first kappa shape index (κ1) is 14.1. The van der Waals surface area contributed by atoms with Gasteiger partial charge in [-0.3, -0.25) is 4.79 Å². The SMILES string of the molecule is COc1ccc(C)cc1NC(=O)c1nc(N)ccc1Cl. The molecule has 0 saturated heterocycles. The second kappa shape index (κ2) is 5.79. The molecule has 5 nitrogen and oxygen atoms in total. The van der Waals surface area contributed by atoms with Gasteiger partial charge in [0.05, 0.1) is 17.8 Å². The van der Waals surface area contributed by atoms with E-state index in [4.69, 9.17) is 22.1 Å². The summed E-state index contributed by atoms with van der Waals surface area (Å²) in [6, 6.07) is 8.54. The van der Waals surface area contributed by atoms with E-state index in [0.29, 0.717) is 11.4 Å².